The maximum atomic E-state index is 11.5. The third-order valence-electron chi connectivity index (χ3n) is 2.48. The largest absolute Gasteiger partial charge is 0.379 e. The molecule has 6 heteroatoms. The van der Waals surface area contributed by atoms with Crippen LogP contribution in [0.4, 0.5) is 5.69 Å². The molecule has 1 unspecified atom stereocenters. The molecule has 0 aliphatic heterocycles. The van der Waals surface area contributed by atoms with Gasteiger partial charge in [0, 0.05) is 16.8 Å². The van der Waals surface area contributed by atoms with Crippen LogP contribution in [0.15, 0.2) is 22.7 Å². The molecule has 3 N–H and O–H groups in total. The third-order valence-corrected chi connectivity index (χ3v) is 3.69. The molecule has 4 nitrogen and oxygen atoms in total. The first-order valence-corrected chi connectivity index (χ1v) is 6.67. The Morgan fingerprint density at radius 3 is 2.78 bits per heavy atom. The lowest BCUT2D eigenvalue weighted by atomic mass is 10.0. The van der Waals surface area contributed by atoms with Crippen molar-refractivity contribution >= 4 is 39.1 Å². The topological polar surface area (TPSA) is 64.3 Å². The summed E-state index contributed by atoms with van der Waals surface area (Å²) >= 11 is 9.23. The molecule has 0 spiro atoms. The van der Waals surface area contributed by atoms with E-state index in [2.05, 4.69) is 21.2 Å². The molecule has 1 aromatic rings. The number of carbonyl (C=O) groups is 1. The van der Waals surface area contributed by atoms with Crippen molar-refractivity contribution in [1.29, 1.82) is 0 Å². The van der Waals surface area contributed by atoms with Gasteiger partial charge in [-0.15, -0.1) is 0 Å². The van der Waals surface area contributed by atoms with Crippen molar-refractivity contribution in [3.05, 3.63) is 27.7 Å². The van der Waals surface area contributed by atoms with Gasteiger partial charge in [-0.3, -0.25) is 4.79 Å². The van der Waals surface area contributed by atoms with E-state index in [0.717, 1.165) is 10.2 Å². The zero-order chi connectivity index (χ0) is 13.8. The van der Waals surface area contributed by atoms with E-state index >= 15 is 0 Å². The van der Waals surface area contributed by atoms with Gasteiger partial charge in [0.05, 0.1) is 11.6 Å². The Hall–Kier alpha value is -0.780. The smallest absolute Gasteiger partial charge is 0.245 e. The van der Waals surface area contributed by atoms with Crippen LogP contribution in [0.1, 0.15) is 13.8 Å². The molecule has 0 radical (unpaired) electrons. The molecular formula is C12H16BrClN2O2. The van der Waals surface area contributed by atoms with Crippen LogP contribution < -0.4 is 11.1 Å². The maximum absolute atomic E-state index is 11.5. The molecule has 100 valence electrons. The van der Waals surface area contributed by atoms with Gasteiger partial charge >= 0.3 is 0 Å². The SMILES string of the molecule is CCOCC(C)(Nc1ccc(Cl)c(Br)c1)C(N)=O. The molecule has 0 aromatic heterocycles. The fraction of sp³-hybridized carbons (Fsp3) is 0.417. The molecule has 0 saturated carbocycles. The van der Waals surface area contributed by atoms with Gasteiger partial charge in [0.15, 0.2) is 0 Å². The number of carbonyl (C=O) groups excluding carboxylic acids is 1. The summed E-state index contributed by atoms with van der Waals surface area (Å²) in [5, 5.41) is 3.67. The third kappa shape index (κ3) is 3.86. The summed E-state index contributed by atoms with van der Waals surface area (Å²) in [5.41, 5.74) is 5.20. The molecule has 0 aliphatic rings. The summed E-state index contributed by atoms with van der Waals surface area (Å²) in [4.78, 5) is 11.5. The van der Waals surface area contributed by atoms with Crippen LogP contribution in [0, 0.1) is 0 Å². The molecule has 0 saturated heterocycles. The monoisotopic (exact) mass is 334 g/mol. The number of hydrogen-bond donors (Lipinski definition) is 2. The van der Waals surface area contributed by atoms with Crippen LogP contribution in [0.25, 0.3) is 0 Å². The molecule has 1 rings (SSSR count). The summed E-state index contributed by atoms with van der Waals surface area (Å²) in [7, 11) is 0. The van der Waals surface area contributed by atoms with Gasteiger partial charge in [0.2, 0.25) is 5.91 Å². The van der Waals surface area contributed by atoms with Crippen LogP contribution in [-0.2, 0) is 9.53 Å². The zero-order valence-electron chi connectivity index (χ0n) is 10.3. The fourth-order valence-corrected chi connectivity index (χ4v) is 1.86. The second-order valence-electron chi connectivity index (χ2n) is 4.09. The summed E-state index contributed by atoms with van der Waals surface area (Å²) in [6.45, 7) is 4.29. The molecule has 1 amide bonds. The first-order chi connectivity index (χ1) is 8.39. The molecule has 18 heavy (non-hydrogen) atoms. The highest BCUT2D eigenvalue weighted by molar-refractivity contribution is 9.10. The second kappa shape index (κ2) is 6.41. The highest BCUT2D eigenvalue weighted by atomic mass is 79.9. The van der Waals surface area contributed by atoms with Crippen molar-refractivity contribution < 1.29 is 9.53 Å². The summed E-state index contributed by atoms with van der Waals surface area (Å²) in [6, 6.07) is 5.30. The average Bonchev–Trinajstić information content (AvgIpc) is 2.31. The molecule has 0 aliphatic carbocycles. The van der Waals surface area contributed by atoms with Gasteiger partial charge in [-0.1, -0.05) is 11.6 Å². The van der Waals surface area contributed by atoms with E-state index in [4.69, 9.17) is 22.1 Å². The minimum Gasteiger partial charge on any atom is -0.379 e. The lowest BCUT2D eigenvalue weighted by Crippen LogP contribution is -2.51. The van der Waals surface area contributed by atoms with Gasteiger partial charge in [0.25, 0.3) is 0 Å². The Balaban J connectivity index is 2.89. The van der Waals surface area contributed by atoms with Crippen LogP contribution in [0.2, 0.25) is 5.02 Å². The van der Waals surface area contributed by atoms with Gasteiger partial charge in [-0.2, -0.15) is 0 Å². The lowest BCUT2D eigenvalue weighted by molar-refractivity contribution is -0.123. The van der Waals surface area contributed by atoms with Crippen LogP contribution in [-0.4, -0.2) is 24.7 Å². The van der Waals surface area contributed by atoms with Crippen molar-refractivity contribution in [2.75, 3.05) is 18.5 Å². The van der Waals surface area contributed by atoms with Gasteiger partial charge < -0.3 is 15.8 Å². The molecule has 0 fully saturated rings. The number of anilines is 1. The van der Waals surface area contributed by atoms with Gasteiger partial charge in [-0.25, -0.2) is 0 Å². The summed E-state index contributed by atoms with van der Waals surface area (Å²) < 4.78 is 6.03. The quantitative estimate of drug-likeness (QED) is 0.840. The van der Waals surface area contributed by atoms with Crippen molar-refractivity contribution in [2.45, 2.75) is 19.4 Å². The number of primary amides is 1. The van der Waals surface area contributed by atoms with Crippen LogP contribution >= 0.6 is 27.5 Å². The predicted octanol–water partition coefficient (Wildman–Crippen LogP) is 2.79. The molecule has 1 atom stereocenters. The number of halogens is 2. The van der Waals surface area contributed by atoms with Gasteiger partial charge in [-0.05, 0) is 48.0 Å². The minimum absolute atomic E-state index is 0.207. The van der Waals surface area contributed by atoms with E-state index in [1.54, 1.807) is 25.1 Å². The van der Waals surface area contributed by atoms with Crippen LogP contribution in [0.5, 0.6) is 0 Å². The van der Waals surface area contributed by atoms with Crippen LogP contribution in [0.3, 0.4) is 0 Å². The Bertz CT molecular complexity index is 442. The molecule has 0 bridgehead atoms. The van der Waals surface area contributed by atoms with E-state index < -0.39 is 11.4 Å². The van der Waals surface area contributed by atoms with E-state index in [1.807, 2.05) is 6.92 Å². The standard InChI is InChI=1S/C12H16BrClN2O2/c1-3-18-7-12(2,11(15)17)16-8-4-5-10(14)9(13)6-8/h4-6,16H,3,7H2,1-2H3,(H2,15,17). The van der Waals surface area contributed by atoms with E-state index in [0.29, 0.717) is 11.6 Å². The highest BCUT2D eigenvalue weighted by Crippen LogP contribution is 2.27. The maximum Gasteiger partial charge on any atom is 0.245 e. The Kier molecular flexibility index (Phi) is 5.44. The van der Waals surface area contributed by atoms with E-state index in [9.17, 15) is 4.79 Å². The Morgan fingerprint density at radius 2 is 2.28 bits per heavy atom. The Morgan fingerprint density at radius 1 is 1.61 bits per heavy atom. The normalized spacial score (nSPS) is 14.0. The number of nitrogens with one attached hydrogen (secondary N) is 1. The van der Waals surface area contributed by atoms with Crippen molar-refractivity contribution in [2.24, 2.45) is 5.73 Å². The van der Waals surface area contributed by atoms with E-state index in [1.165, 1.54) is 0 Å². The molecular weight excluding hydrogens is 320 g/mol. The first kappa shape index (κ1) is 15.3. The van der Waals surface area contributed by atoms with E-state index in [-0.39, 0.29) is 6.61 Å². The average molecular weight is 336 g/mol. The predicted molar refractivity (Wildman–Crippen MR) is 76.9 cm³/mol. The fourth-order valence-electron chi connectivity index (χ4n) is 1.37. The minimum atomic E-state index is -0.955. The summed E-state index contributed by atoms with van der Waals surface area (Å²) in [6.07, 6.45) is 0. The number of nitrogens with two attached hydrogens (primary N) is 1. The molecule has 0 heterocycles. The number of ether oxygens (including phenoxy) is 1. The van der Waals surface area contributed by atoms with Crippen molar-refractivity contribution in [3.63, 3.8) is 0 Å². The number of amides is 1. The Labute approximate surface area is 120 Å². The highest BCUT2D eigenvalue weighted by Gasteiger charge is 2.31. The molecule has 1 aromatic carbocycles. The summed E-state index contributed by atoms with van der Waals surface area (Å²) in [5.74, 6) is -0.470. The number of rotatable bonds is 6. The number of benzene rings is 1. The first-order valence-electron chi connectivity index (χ1n) is 5.50. The lowest BCUT2D eigenvalue weighted by Gasteiger charge is -2.28. The number of hydrogen-bond acceptors (Lipinski definition) is 3. The van der Waals surface area contributed by atoms with Crippen molar-refractivity contribution in [3.8, 4) is 0 Å². The second-order valence-corrected chi connectivity index (χ2v) is 5.35. The zero-order valence-corrected chi connectivity index (χ0v) is 12.6. The van der Waals surface area contributed by atoms with Crippen molar-refractivity contribution in [1.82, 2.24) is 0 Å². The van der Waals surface area contributed by atoms with Gasteiger partial charge in [0.1, 0.15) is 5.54 Å².